The summed E-state index contributed by atoms with van der Waals surface area (Å²) >= 11 is 0. The lowest BCUT2D eigenvalue weighted by atomic mass is 10.2. The maximum absolute atomic E-state index is 13.3. The predicted octanol–water partition coefficient (Wildman–Crippen LogP) is 1.73. The Morgan fingerprint density at radius 3 is 2.47 bits per heavy atom. The third-order valence-electron chi connectivity index (χ3n) is 2.14. The van der Waals surface area contributed by atoms with Gasteiger partial charge in [-0.05, 0) is 0 Å². The molecule has 0 radical (unpaired) electrons. The van der Waals surface area contributed by atoms with E-state index in [0.29, 0.717) is 12.1 Å². The Morgan fingerprint density at radius 2 is 1.79 bits per heavy atom. The number of aromatic nitrogens is 2. The van der Waals surface area contributed by atoms with E-state index < -0.39 is 29.0 Å². The largest absolute Gasteiger partial charge is 0.382 e. The first-order chi connectivity index (χ1) is 8.97. The second-order valence-corrected chi connectivity index (χ2v) is 3.53. The lowest BCUT2D eigenvalue weighted by molar-refractivity contribution is 0.102. The van der Waals surface area contributed by atoms with E-state index in [4.69, 9.17) is 5.73 Å². The van der Waals surface area contributed by atoms with Gasteiger partial charge >= 0.3 is 0 Å². The van der Waals surface area contributed by atoms with Crippen molar-refractivity contribution < 1.29 is 18.0 Å². The second-order valence-electron chi connectivity index (χ2n) is 3.53. The molecule has 0 aliphatic carbocycles. The molecule has 0 atom stereocenters. The zero-order valence-electron chi connectivity index (χ0n) is 9.32. The first kappa shape index (κ1) is 12.8. The van der Waals surface area contributed by atoms with Crippen LogP contribution in [0, 0.1) is 17.5 Å². The van der Waals surface area contributed by atoms with Crippen LogP contribution >= 0.6 is 0 Å². The van der Waals surface area contributed by atoms with Crippen molar-refractivity contribution in [2.75, 3.05) is 11.1 Å². The molecule has 0 aliphatic rings. The van der Waals surface area contributed by atoms with E-state index in [0.717, 1.165) is 6.20 Å². The molecule has 2 rings (SSSR count). The van der Waals surface area contributed by atoms with E-state index in [1.54, 1.807) is 0 Å². The highest BCUT2D eigenvalue weighted by Gasteiger charge is 2.14. The van der Waals surface area contributed by atoms with Gasteiger partial charge < -0.3 is 11.1 Å². The molecule has 1 aromatic carbocycles. The number of hydrogen-bond donors (Lipinski definition) is 2. The van der Waals surface area contributed by atoms with Gasteiger partial charge in [-0.15, -0.1) is 0 Å². The molecule has 0 spiro atoms. The summed E-state index contributed by atoms with van der Waals surface area (Å²) < 4.78 is 38.9. The number of hydrogen-bond acceptors (Lipinski definition) is 4. The molecule has 8 heteroatoms. The van der Waals surface area contributed by atoms with Crippen LogP contribution in [0.3, 0.4) is 0 Å². The van der Waals surface area contributed by atoms with Crippen molar-refractivity contribution in [3.63, 3.8) is 0 Å². The van der Waals surface area contributed by atoms with Crippen molar-refractivity contribution in [2.45, 2.75) is 0 Å². The molecule has 98 valence electrons. The van der Waals surface area contributed by atoms with E-state index in [1.807, 2.05) is 5.32 Å². The fourth-order valence-corrected chi connectivity index (χ4v) is 1.30. The molecule has 5 nitrogen and oxygen atoms in total. The molecule has 1 amide bonds. The number of halogens is 3. The van der Waals surface area contributed by atoms with Crippen molar-refractivity contribution in [2.24, 2.45) is 0 Å². The van der Waals surface area contributed by atoms with Crippen molar-refractivity contribution >= 4 is 17.4 Å². The lowest BCUT2D eigenvalue weighted by Gasteiger charge is -2.06. The Hall–Kier alpha value is -2.64. The Kier molecular flexibility index (Phi) is 3.32. The number of carbonyl (C=O) groups is 1. The fourth-order valence-electron chi connectivity index (χ4n) is 1.30. The molecule has 2 aromatic rings. The molecule has 0 saturated heterocycles. The molecule has 1 heterocycles. The van der Waals surface area contributed by atoms with Gasteiger partial charge in [0.1, 0.15) is 17.3 Å². The van der Waals surface area contributed by atoms with Crippen molar-refractivity contribution in [3.8, 4) is 0 Å². The van der Waals surface area contributed by atoms with Crippen LogP contribution in [0.2, 0.25) is 0 Å². The maximum atomic E-state index is 13.3. The zero-order valence-corrected chi connectivity index (χ0v) is 9.32. The summed E-state index contributed by atoms with van der Waals surface area (Å²) in [5, 5.41) is 2.04. The van der Waals surface area contributed by atoms with Crippen LogP contribution in [0.5, 0.6) is 0 Å². The summed E-state index contributed by atoms with van der Waals surface area (Å²) in [6, 6.07) is 0.859. The normalized spacial score (nSPS) is 10.3. The molecule has 0 unspecified atom stereocenters. The molecular weight excluding hydrogens is 261 g/mol. The van der Waals surface area contributed by atoms with Gasteiger partial charge in [-0.2, -0.15) is 0 Å². The topological polar surface area (TPSA) is 80.9 Å². The highest BCUT2D eigenvalue weighted by atomic mass is 19.2. The summed E-state index contributed by atoms with van der Waals surface area (Å²) in [5.41, 5.74) is 4.64. The maximum Gasteiger partial charge on any atom is 0.276 e. The van der Waals surface area contributed by atoms with Gasteiger partial charge in [-0.1, -0.05) is 0 Å². The van der Waals surface area contributed by atoms with E-state index in [1.165, 1.54) is 6.20 Å². The van der Waals surface area contributed by atoms with Crippen LogP contribution in [0.15, 0.2) is 24.5 Å². The number of nitrogens with one attached hydrogen (secondary N) is 1. The van der Waals surface area contributed by atoms with Gasteiger partial charge in [0.25, 0.3) is 5.91 Å². The number of benzene rings is 1. The van der Waals surface area contributed by atoms with Gasteiger partial charge in [0.2, 0.25) is 0 Å². The number of nitrogens with zero attached hydrogens (tertiary/aromatic N) is 2. The van der Waals surface area contributed by atoms with Gasteiger partial charge in [0, 0.05) is 12.1 Å². The Labute approximate surface area is 105 Å². The average molecular weight is 268 g/mol. The highest BCUT2D eigenvalue weighted by Crippen LogP contribution is 2.18. The van der Waals surface area contributed by atoms with Crippen molar-refractivity contribution in [1.82, 2.24) is 9.97 Å². The van der Waals surface area contributed by atoms with E-state index in [9.17, 15) is 18.0 Å². The van der Waals surface area contributed by atoms with E-state index in [2.05, 4.69) is 9.97 Å². The van der Waals surface area contributed by atoms with E-state index >= 15 is 0 Å². The molecular formula is C11H7F3N4O. The monoisotopic (exact) mass is 268 g/mol. The number of nitrogens with two attached hydrogens (primary N) is 1. The second kappa shape index (κ2) is 4.92. The SMILES string of the molecule is Nc1cncc(C(=O)Nc2cc(F)c(F)cc2F)n1. The van der Waals surface area contributed by atoms with Crippen LogP contribution in [-0.4, -0.2) is 15.9 Å². The smallest absolute Gasteiger partial charge is 0.276 e. The first-order valence-corrected chi connectivity index (χ1v) is 5.01. The fraction of sp³-hybridized carbons (Fsp3) is 0. The Morgan fingerprint density at radius 1 is 1.11 bits per heavy atom. The number of amides is 1. The third kappa shape index (κ3) is 2.79. The van der Waals surface area contributed by atoms with Gasteiger partial charge in [0.05, 0.1) is 18.1 Å². The summed E-state index contributed by atoms with van der Waals surface area (Å²) in [6.45, 7) is 0. The summed E-state index contributed by atoms with van der Waals surface area (Å²) in [4.78, 5) is 18.9. The quantitative estimate of drug-likeness (QED) is 0.813. The number of nitrogen functional groups attached to an aromatic ring is 1. The summed E-state index contributed by atoms with van der Waals surface area (Å²) in [5.74, 6) is -4.58. The number of rotatable bonds is 2. The lowest BCUT2D eigenvalue weighted by Crippen LogP contribution is -2.16. The summed E-state index contributed by atoms with van der Waals surface area (Å²) in [7, 11) is 0. The zero-order chi connectivity index (χ0) is 14.0. The number of carbonyl (C=O) groups excluding carboxylic acids is 1. The molecule has 19 heavy (non-hydrogen) atoms. The minimum Gasteiger partial charge on any atom is -0.382 e. The van der Waals surface area contributed by atoms with Crippen molar-refractivity contribution in [1.29, 1.82) is 0 Å². The van der Waals surface area contributed by atoms with Gasteiger partial charge in [-0.3, -0.25) is 9.78 Å². The van der Waals surface area contributed by atoms with Crippen LogP contribution in [0.4, 0.5) is 24.7 Å². The molecule has 3 N–H and O–H groups in total. The van der Waals surface area contributed by atoms with Crippen LogP contribution in [0.25, 0.3) is 0 Å². The standard InChI is InChI=1S/C11H7F3N4O/c12-5-1-7(14)8(2-6(5)13)18-11(19)9-3-16-4-10(15)17-9/h1-4H,(H2,15,17)(H,18,19). The minimum absolute atomic E-state index is 0.00147. The highest BCUT2D eigenvalue weighted by molar-refractivity contribution is 6.02. The van der Waals surface area contributed by atoms with Gasteiger partial charge in [-0.25, -0.2) is 18.2 Å². The molecule has 0 aliphatic heterocycles. The molecule has 0 saturated carbocycles. The average Bonchev–Trinajstić information content (AvgIpc) is 2.36. The van der Waals surface area contributed by atoms with Crippen LogP contribution in [-0.2, 0) is 0 Å². The predicted molar refractivity (Wildman–Crippen MR) is 60.7 cm³/mol. The molecule has 0 bridgehead atoms. The molecule has 0 fully saturated rings. The molecule has 1 aromatic heterocycles. The van der Waals surface area contributed by atoms with Crippen molar-refractivity contribution in [3.05, 3.63) is 47.7 Å². The first-order valence-electron chi connectivity index (χ1n) is 5.01. The van der Waals surface area contributed by atoms with Crippen LogP contribution < -0.4 is 11.1 Å². The Bertz CT molecular complexity index is 648. The number of anilines is 2. The Balaban J connectivity index is 2.27. The minimum atomic E-state index is -1.35. The van der Waals surface area contributed by atoms with E-state index in [-0.39, 0.29) is 11.5 Å². The van der Waals surface area contributed by atoms with Crippen LogP contribution in [0.1, 0.15) is 10.5 Å². The third-order valence-corrected chi connectivity index (χ3v) is 2.14. The van der Waals surface area contributed by atoms with Gasteiger partial charge in [0.15, 0.2) is 11.6 Å². The summed E-state index contributed by atoms with van der Waals surface area (Å²) in [6.07, 6.45) is 2.32.